The van der Waals surface area contributed by atoms with E-state index in [1.165, 1.54) is 22.8 Å². The van der Waals surface area contributed by atoms with Gasteiger partial charge in [0.1, 0.15) is 35.4 Å². The Morgan fingerprint density at radius 1 is 1.21 bits per heavy atom. The van der Waals surface area contributed by atoms with E-state index in [9.17, 15) is 20.4 Å². The summed E-state index contributed by atoms with van der Waals surface area (Å²) in [5.74, 6) is 0.857. The molecule has 29 heavy (non-hydrogen) atoms. The van der Waals surface area contributed by atoms with Gasteiger partial charge in [0, 0.05) is 5.75 Å². The van der Waals surface area contributed by atoms with Crippen LogP contribution in [-0.2, 0) is 4.74 Å². The summed E-state index contributed by atoms with van der Waals surface area (Å²) in [5, 5.41) is 44.6. The third-order valence-corrected chi connectivity index (χ3v) is 5.57. The minimum absolute atomic E-state index is 0.217. The molecular formula is C19H20N4O5S. The van der Waals surface area contributed by atoms with Gasteiger partial charge in [0.25, 0.3) is 0 Å². The van der Waals surface area contributed by atoms with Crippen molar-refractivity contribution < 1.29 is 25.2 Å². The molecule has 152 valence electrons. The van der Waals surface area contributed by atoms with E-state index in [2.05, 4.69) is 15.1 Å². The number of hydrogen-bond acceptors (Lipinski definition) is 9. The molecule has 0 radical (unpaired) electrons. The molecule has 0 bridgehead atoms. The molecule has 4 unspecified atom stereocenters. The summed E-state index contributed by atoms with van der Waals surface area (Å²) in [6.07, 6.45) is 2.60. The molecule has 4 atom stereocenters. The number of phenolic OH excluding ortho intramolecular Hbond substituents is 1. The highest BCUT2D eigenvalue weighted by molar-refractivity contribution is 7.99. The van der Waals surface area contributed by atoms with Crippen LogP contribution < -0.4 is 0 Å². The molecule has 1 aromatic carbocycles. The van der Waals surface area contributed by atoms with E-state index < -0.39 is 31.1 Å². The first kappa shape index (κ1) is 19.8. The Morgan fingerprint density at radius 3 is 2.83 bits per heavy atom. The molecule has 10 heteroatoms. The summed E-state index contributed by atoms with van der Waals surface area (Å²) in [6, 6.07) is 6.97. The van der Waals surface area contributed by atoms with Gasteiger partial charge in [-0.3, -0.25) is 0 Å². The van der Waals surface area contributed by atoms with Crippen LogP contribution in [0.15, 0.2) is 47.9 Å². The van der Waals surface area contributed by atoms with Crippen LogP contribution in [0.25, 0.3) is 17.1 Å². The van der Waals surface area contributed by atoms with Gasteiger partial charge in [0.15, 0.2) is 11.9 Å². The number of benzene rings is 1. The molecule has 4 rings (SSSR count). The average molecular weight is 416 g/mol. The maximum absolute atomic E-state index is 10.2. The van der Waals surface area contributed by atoms with Crippen molar-refractivity contribution >= 4 is 28.9 Å². The van der Waals surface area contributed by atoms with Crippen LogP contribution >= 0.6 is 11.8 Å². The van der Waals surface area contributed by atoms with E-state index >= 15 is 0 Å². The van der Waals surface area contributed by atoms with E-state index in [0.29, 0.717) is 21.8 Å². The van der Waals surface area contributed by atoms with Crippen LogP contribution in [0.5, 0.6) is 5.75 Å². The first-order chi connectivity index (χ1) is 14.1. The largest absolute Gasteiger partial charge is 0.508 e. The Kier molecular flexibility index (Phi) is 5.79. The van der Waals surface area contributed by atoms with Crippen molar-refractivity contribution in [2.24, 2.45) is 0 Å². The fourth-order valence-electron chi connectivity index (χ4n) is 3.16. The highest BCUT2D eigenvalue weighted by atomic mass is 32.2. The fraction of sp³-hybridized carbons (Fsp3) is 0.316. The fourth-order valence-corrected chi connectivity index (χ4v) is 3.94. The Hall–Kier alpha value is -2.50. The van der Waals surface area contributed by atoms with E-state index in [1.54, 1.807) is 24.4 Å². The first-order valence-corrected chi connectivity index (χ1v) is 9.96. The van der Waals surface area contributed by atoms with Crippen molar-refractivity contribution in [1.82, 2.24) is 19.7 Å². The molecule has 3 aromatic rings. The van der Waals surface area contributed by atoms with Crippen LogP contribution in [0.3, 0.4) is 0 Å². The quantitative estimate of drug-likeness (QED) is 0.342. The second kappa shape index (κ2) is 8.47. The smallest absolute Gasteiger partial charge is 0.181 e. The molecule has 0 saturated carbocycles. The SMILES string of the molecule is OCC1OC(n2ncc3c(SC/C=C/c4cccc(O)c4)ncnc32)C(O)C1O. The van der Waals surface area contributed by atoms with Crippen molar-refractivity contribution in [1.29, 1.82) is 0 Å². The third kappa shape index (κ3) is 3.98. The summed E-state index contributed by atoms with van der Waals surface area (Å²) in [4.78, 5) is 8.54. The van der Waals surface area contributed by atoms with Gasteiger partial charge in [-0.25, -0.2) is 14.6 Å². The zero-order chi connectivity index (χ0) is 20.4. The highest BCUT2D eigenvalue weighted by Crippen LogP contribution is 2.32. The van der Waals surface area contributed by atoms with Crippen molar-refractivity contribution in [2.75, 3.05) is 12.4 Å². The molecule has 0 aliphatic carbocycles. The van der Waals surface area contributed by atoms with Crippen LogP contribution in [0.2, 0.25) is 0 Å². The molecule has 2 aromatic heterocycles. The normalized spacial score (nSPS) is 24.7. The van der Waals surface area contributed by atoms with Gasteiger partial charge in [0.05, 0.1) is 18.2 Å². The lowest BCUT2D eigenvalue weighted by Gasteiger charge is -2.15. The predicted octanol–water partition coefficient (Wildman–Crippen LogP) is 0.949. The summed E-state index contributed by atoms with van der Waals surface area (Å²) >= 11 is 1.49. The van der Waals surface area contributed by atoms with Gasteiger partial charge in [-0.1, -0.05) is 24.3 Å². The molecule has 1 saturated heterocycles. The standard InChI is InChI=1S/C19H20N4O5S/c24-9-14-15(26)16(27)19(28-14)23-17-13(8-22-23)18(21-10-20-17)29-6-2-4-11-3-1-5-12(25)7-11/h1-5,7-8,10,14-16,19,24-27H,6,9H2/b4-2+. The number of fused-ring (bicyclic) bond motifs is 1. The monoisotopic (exact) mass is 416 g/mol. The number of ether oxygens (including phenoxy) is 1. The van der Waals surface area contributed by atoms with Gasteiger partial charge >= 0.3 is 0 Å². The second-order valence-electron chi connectivity index (χ2n) is 6.54. The summed E-state index contributed by atoms with van der Waals surface area (Å²) in [6.45, 7) is -0.407. The van der Waals surface area contributed by atoms with Gasteiger partial charge in [0.2, 0.25) is 0 Å². The summed E-state index contributed by atoms with van der Waals surface area (Å²) < 4.78 is 6.93. The molecule has 9 nitrogen and oxygen atoms in total. The lowest BCUT2D eigenvalue weighted by atomic mass is 10.1. The topological polar surface area (TPSA) is 134 Å². The number of rotatable bonds is 6. The highest BCUT2D eigenvalue weighted by Gasteiger charge is 2.44. The zero-order valence-electron chi connectivity index (χ0n) is 15.2. The second-order valence-corrected chi connectivity index (χ2v) is 7.55. The molecular weight excluding hydrogens is 396 g/mol. The Balaban J connectivity index is 1.51. The van der Waals surface area contributed by atoms with Crippen molar-refractivity contribution in [3.63, 3.8) is 0 Å². The van der Waals surface area contributed by atoms with Crippen LogP contribution in [0, 0.1) is 0 Å². The van der Waals surface area contributed by atoms with Crippen LogP contribution in [0.1, 0.15) is 11.8 Å². The molecule has 1 aliphatic rings. The maximum Gasteiger partial charge on any atom is 0.181 e. The number of aliphatic hydroxyl groups is 3. The molecule has 0 spiro atoms. The van der Waals surface area contributed by atoms with Crippen molar-refractivity contribution in [3.8, 4) is 5.75 Å². The van der Waals surface area contributed by atoms with Crippen molar-refractivity contribution in [2.45, 2.75) is 29.6 Å². The van der Waals surface area contributed by atoms with Gasteiger partial charge in [-0.15, -0.1) is 11.8 Å². The molecule has 0 amide bonds. The number of aliphatic hydroxyl groups excluding tert-OH is 3. The zero-order valence-corrected chi connectivity index (χ0v) is 16.1. The molecule has 3 heterocycles. The van der Waals surface area contributed by atoms with E-state index in [-0.39, 0.29) is 5.75 Å². The van der Waals surface area contributed by atoms with Gasteiger partial charge in [-0.2, -0.15) is 5.10 Å². The minimum Gasteiger partial charge on any atom is -0.508 e. The van der Waals surface area contributed by atoms with Crippen LogP contribution in [-0.4, -0.2) is 70.8 Å². The number of thioether (sulfide) groups is 1. The summed E-state index contributed by atoms with van der Waals surface area (Å²) in [7, 11) is 0. The average Bonchev–Trinajstić information content (AvgIpc) is 3.27. The molecule has 4 N–H and O–H groups in total. The van der Waals surface area contributed by atoms with E-state index in [1.807, 2.05) is 18.2 Å². The lowest BCUT2D eigenvalue weighted by molar-refractivity contribution is -0.0566. The summed E-state index contributed by atoms with van der Waals surface area (Å²) in [5.41, 5.74) is 1.37. The van der Waals surface area contributed by atoms with Gasteiger partial charge < -0.3 is 25.2 Å². The Bertz CT molecular complexity index is 1030. The minimum atomic E-state index is -1.23. The van der Waals surface area contributed by atoms with Crippen molar-refractivity contribution in [3.05, 3.63) is 48.4 Å². The molecule has 1 fully saturated rings. The first-order valence-electron chi connectivity index (χ1n) is 8.97. The van der Waals surface area contributed by atoms with E-state index in [4.69, 9.17) is 4.74 Å². The number of aromatic nitrogens is 4. The van der Waals surface area contributed by atoms with E-state index in [0.717, 1.165) is 5.56 Å². The number of hydrogen-bond donors (Lipinski definition) is 4. The number of phenols is 1. The predicted molar refractivity (Wildman–Crippen MR) is 106 cm³/mol. The van der Waals surface area contributed by atoms with Crippen LogP contribution in [0.4, 0.5) is 0 Å². The number of nitrogens with zero attached hydrogens (tertiary/aromatic N) is 4. The maximum atomic E-state index is 10.2. The lowest BCUT2D eigenvalue weighted by Crippen LogP contribution is -2.33. The van der Waals surface area contributed by atoms with Gasteiger partial charge in [-0.05, 0) is 17.7 Å². The Morgan fingerprint density at radius 2 is 2.07 bits per heavy atom. The molecule has 1 aliphatic heterocycles. The number of aromatic hydroxyl groups is 1. The third-order valence-electron chi connectivity index (χ3n) is 4.61. The Labute approximate surface area is 170 Å².